The zero-order chi connectivity index (χ0) is 14.6. The van der Waals surface area contributed by atoms with Gasteiger partial charge >= 0.3 is 0 Å². The minimum absolute atomic E-state index is 0. The van der Waals surface area contributed by atoms with Crippen molar-refractivity contribution < 1.29 is 0 Å². The molecule has 4 nitrogen and oxygen atoms in total. The third kappa shape index (κ3) is 2.62. The van der Waals surface area contributed by atoms with Crippen molar-refractivity contribution in [3.63, 3.8) is 0 Å². The lowest BCUT2D eigenvalue weighted by Gasteiger charge is -2.20. The van der Waals surface area contributed by atoms with Gasteiger partial charge in [0.2, 0.25) is 5.95 Å². The number of aryl methyl sites for hydroxylation is 2. The van der Waals surface area contributed by atoms with Crippen LogP contribution in [0.3, 0.4) is 0 Å². The highest BCUT2D eigenvalue weighted by atomic mass is 79.9. The molecule has 1 aromatic carbocycles. The summed E-state index contributed by atoms with van der Waals surface area (Å²) in [7, 11) is 0. The number of anilines is 1. The Kier molecular flexibility index (Phi) is 5.10. The van der Waals surface area contributed by atoms with Crippen molar-refractivity contribution in [2.75, 3.05) is 18.4 Å². The number of aromatic nitrogens is 2. The molecule has 2 aliphatic rings. The van der Waals surface area contributed by atoms with Gasteiger partial charge in [-0.25, -0.2) is 4.98 Å². The monoisotopic (exact) mass is 512 g/mol. The Morgan fingerprint density at radius 1 is 1.18 bits per heavy atom. The minimum atomic E-state index is 0. The van der Waals surface area contributed by atoms with Gasteiger partial charge in [0.15, 0.2) is 0 Å². The lowest BCUT2D eigenvalue weighted by atomic mass is 10.0. The normalized spacial score (nSPS) is 20.2. The number of nitrogens with one attached hydrogen (secondary N) is 2. The zero-order valence-corrected chi connectivity index (χ0v) is 17.3. The molecule has 4 rings (SSSR count). The maximum absolute atomic E-state index is 4.88. The van der Waals surface area contributed by atoms with Crippen molar-refractivity contribution in [3.8, 4) is 0 Å². The molecule has 22 heavy (non-hydrogen) atoms. The molecule has 2 aliphatic heterocycles. The smallest absolute Gasteiger partial charge is 0.204 e. The molecule has 0 bridgehead atoms. The molecule has 1 fully saturated rings. The van der Waals surface area contributed by atoms with Crippen LogP contribution in [0.25, 0.3) is 11.0 Å². The Morgan fingerprint density at radius 2 is 2.00 bits per heavy atom. The zero-order valence-electron chi connectivity index (χ0n) is 11.8. The van der Waals surface area contributed by atoms with Gasteiger partial charge < -0.3 is 15.2 Å². The van der Waals surface area contributed by atoms with Crippen LogP contribution < -0.4 is 10.6 Å². The average Bonchev–Trinajstić information content (AvgIpc) is 3.12. The van der Waals surface area contributed by atoms with Gasteiger partial charge in [-0.3, -0.25) is 0 Å². The Morgan fingerprint density at radius 3 is 2.73 bits per heavy atom. The molecule has 0 aliphatic carbocycles. The fraction of sp³-hybridized carbons (Fsp3) is 0.500. The van der Waals surface area contributed by atoms with Gasteiger partial charge in [-0.2, -0.15) is 0 Å². The van der Waals surface area contributed by atoms with Crippen molar-refractivity contribution in [2.24, 2.45) is 0 Å². The fourth-order valence-electron chi connectivity index (χ4n) is 3.28. The van der Waals surface area contributed by atoms with Crippen LogP contribution in [0, 0.1) is 0 Å². The maximum Gasteiger partial charge on any atom is 0.204 e. The van der Waals surface area contributed by atoms with E-state index in [9.17, 15) is 0 Å². The summed E-state index contributed by atoms with van der Waals surface area (Å²) in [5, 5.41) is 7.01. The third-order valence-electron chi connectivity index (χ3n) is 4.31. The number of halogens is 4. The van der Waals surface area contributed by atoms with Crippen molar-refractivity contribution in [2.45, 2.75) is 31.8 Å². The number of hydrogen-bond acceptors (Lipinski definition) is 3. The number of benzene rings is 1. The van der Waals surface area contributed by atoms with E-state index in [4.69, 9.17) is 4.98 Å². The summed E-state index contributed by atoms with van der Waals surface area (Å²) < 4.78 is 5.58. The molecule has 120 valence electrons. The molecular weight excluding hydrogens is 499 g/mol. The number of hydrogen-bond donors (Lipinski definition) is 2. The van der Waals surface area contributed by atoms with Crippen LogP contribution in [-0.4, -0.2) is 28.7 Å². The number of nitrogens with zero attached hydrogens (tertiary/aromatic N) is 2. The number of imidazole rings is 1. The van der Waals surface area contributed by atoms with Gasteiger partial charge in [-0.1, -0.05) is 0 Å². The van der Waals surface area contributed by atoms with E-state index in [1.807, 2.05) is 0 Å². The Bertz CT molecular complexity index is 725. The van der Waals surface area contributed by atoms with E-state index in [0.717, 1.165) is 63.8 Å². The largest absolute Gasteiger partial charge is 0.352 e. The van der Waals surface area contributed by atoms with Crippen LogP contribution in [0.4, 0.5) is 5.95 Å². The second kappa shape index (κ2) is 6.59. The molecule has 2 aromatic rings. The van der Waals surface area contributed by atoms with E-state index in [-0.39, 0.29) is 12.4 Å². The topological polar surface area (TPSA) is 41.9 Å². The van der Waals surface area contributed by atoms with Crippen LogP contribution >= 0.6 is 60.2 Å². The SMILES string of the molecule is Brc1c(Br)c2c3c(nc(N[C@H]4CCNC4)n3CCC2)c1Br.Cl. The van der Waals surface area contributed by atoms with Crippen LogP contribution in [0.15, 0.2) is 13.4 Å². The predicted octanol–water partition coefficient (Wildman–Crippen LogP) is 4.47. The molecule has 1 aromatic heterocycles. The summed E-state index contributed by atoms with van der Waals surface area (Å²) in [4.78, 5) is 4.88. The van der Waals surface area contributed by atoms with E-state index < -0.39 is 0 Å². The highest BCUT2D eigenvalue weighted by molar-refractivity contribution is 9.14. The first-order valence-electron chi connectivity index (χ1n) is 7.19. The molecule has 8 heteroatoms. The van der Waals surface area contributed by atoms with E-state index in [0.29, 0.717) is 6.04 Å². The van der Waals surface area contributed by atoms with E-state index in [1.54, 1.807) is 0 Å². The van der Waals surface area contributed by atoms with Gasteiger partial charge in [0.05, 0.1) is 9.99 Å². The van der Waals surface area contributed by atoms with E-state index >= 15 is 0 Å². The molecule has 1 saturated heterocycles. The summed E-state index contributed by atoms with van der Waals surface area (Å²) in [5.74, 6) is 1.00. The summed E-state index contributed by atoms with van der Waals surface area (Å²) in [6.45, 7) is 3.14. The molecule has 0 radical (unpaired) electrons. The first-order chi connectivity index (χ1) is 10.2. The van der Waals surface area contributed by atoms with Gasteiger partial charge in [0, 0.05) is 28.1 Å². The quantitative estimate of drug-likeness (QED) is 0.581. The summed E-state index contributed by atoms with van der Waals surface area (Å²) in [5.41, 5.74) is 3.67. The minimum Gasteiger partial charge on any atom is -0.352 e. The molecule has 0 unspecified atom stereocenters. The second-order valence-electron chi connectivity index (χ2n) is 5.64. The average molecular weight is 515 g/mol. The highest BCUT2D eigenvalue weighted by Gasteiger charge is 2.26. The number of rotatable bonds is 2. The van der Waals surface area contributed by atoms with Crippen LogP contribution in [0.2, 0.25) is 0 Å². The van der Waals surface area contributed by atoms with Gasteiger partial charge in [0.25, 0.3) is 0 Å². The standard InChI is InChI=1S/C14H15Br3N4.ClH/c15-9-8-2-1-5-21-13(8)12(11(17)10(9)16)20-14(21)19-7-3-4-18-6-7;/h7,18H,1-6H2,(H,19,20);1H/t7-;/m0./s1. The fourth-order valence-corrected chi connectivity index (χ4v) is 5.03. The van der Waals surface area contributed by atoms with Crippen LogP contribution in [0.5, 0.6) is 0 Å². The van der Waals surface area contributed by atoms with Gasteiger partial charge in [-0.05, 0) is 79.2 Å². The van der Waals surface area contributed by atoms with E-state index in [1.165, 1.54) is 11.1 Å². The lowest BCUT2D eigenvalue weighted by Crippen LogP contribution is -2.24. The second-order valence-corrected chi connectivity index (χ2v) is 8.02. The Balaban J connectivity index is 0.00000144. The molecule has 0 spiro atoms. The molecule has 3 heterocycles. The summed E-state index contributed by atoms with van der Waals surface area (Å²) in [6, 6.07) is 0.481. The summed E-state index contributed by atoms with van der Waals surface area (Å²) >= 11 is 11.1. The molecular formula is C14H16Br3ClN4. The van der Waals surface area contributed by atoms with Crippen molar-refractivity contribution in [1.82, 2.24) is 14.9 Å². The highest BCUT2D eigenvalue weighted by Crippen LogP contribution is 2.43. The van der Waals surface area contributed by atoms with Crippen LogP contribution in [0.1, 0.15) is 18.4 Å². The van der Waals surface area contributed by atoms with Crippen molar-refractivity contribution >= 4 is 77.2 Å². The third-order valence-corrected chi connectivity index (χ3v) is 7.82. The molecule has 0 saturated carbocycles. The first-order valence-corrected chi connectivity index (χ1v) is 9.57. The lowest BCUT2D eigenvalue weighted by molar-refractivity contribution is 0.627. The van der Waals surface area contributed by atoms with Gasteiger partial charge in [-0.15, -0.1) is 12.4 Å². The maximum atomic E-state index is 4.88. The Hall–Kier alpha value is 0.180. The Labute approximate surface area is 160 Å². The van der Waals surface area contributed by atoms with Crippen molar-refractivity contribution in [1.29, 1.82) is 0 Å². The predicted molar refractivity (Wildman–Crippen MR) is 103 cm³/mol. The summed E-state index contributed by atoms with van der Waals surface area (Å²) in [6.07, 6.45) is 3.41. The molecule has 0 amide bonds. The van der Waals surface area contributed by atoms with Crippen LogP contribution in [-0.2, 0) is 13.0 Å². The molecule has 1 atom stereocenters. The van der Waals surface area contributed by atoms with Crippen molar-refractivity contribution in [3.05, 3.63) is 19.0 Å². The first kappa shape index (κ1) is 17.0. The van der Waals surface area contributed by atoms with E-state index in [2.05, 4.69) is 63.0 Å². The van der Waals surface area contributed by atoms with Gasteiger partial charge in [0.1, 0.15) is 5.52 Å². The molecule has 2 N–H and O–H groups in total.